The lowest BCUT2D eigenvalue weighted by Gasteiger charge is -2.21. The van der Waals surface area contributed by atoms with Gasteiger partial charge >= 0.3 is 0 Å². The van der Waals surface area contributed by atoms with Crippen LogP contribution in [-0.4, -0.2) is 70.0 Å². The molecule has 1 unspecified atom stereocenters. The maximum absolute atomic E-state index is 6.10. The molecule has 0 saturated carbocycles. The van der Waals surface area contributed by atoms with Crippen LogP contribution in [0.3, 0.4) is 0 Å². The van der Waals surface area contributed by atoms with E-state index in [1.165, 1.54) is 11.0 Å². The number of aromatic nitrogens is 5. The molecule has 1 aliphatic rings. The van der Waals surface area contributed by atoms with Crippen LogP contribution in [0, 0.1) is 0 Å². The highest BCUT2D eigenvalue weighted by atomic mass is 16.5. The molecule has 1 fully saturated rings. The summed E-state index contributed by atoms with van der Waals surface area (Å²) in [6.07, 6.45) is 2.63. The largest absolute Gasteiger partial charge is 0.495 e. The first kappa shape index (κ1) is 18.9. The molecule has 152 valence electrons. The minimum atomic E-state index is 0.236. The molecule has 0 spiro atoms. The molecule has 2 aromatic heterocycles. The van der Waals surface area contributed by atoms with Crippen LogP contribution < -0.4 is 20.7 Å². The zero-order valence-corrected chi connectivity index (χ0v) is 16.8. The molecule has 1 aliphatic heterocycles. The lowest BCUT2D eigenvalue weighted by atomic mass is 10.2. The van der Waals surface area contributed by atoms with Gasteiger partial charge in [-0.2, -0.15) is 9.67 Å². The van der Waals surface area contributed by atoms with Crippen molar-refractivity contribution in [1.82, 2.24) is 29.6 Å². The summed E-state index contributed by atoms with van der Waals surface area (Å²) >= 11 is 0. The number of benzene rings is 1. The second kappa shape index (κ2) is 7.92. The first-order valence-electron chi connectivity index (χ1n) is 9.41. The maximum Gasteiger partial charge on any atom is 0.249 e. The smallest absolute Gasteiger partial charge is 0.249 e. The third-order valence-electron chi connectivity index (χ3n) is 5.06. The molecule has 1 aromatic carbocycles. The molecule has 3 N–H and O–H groups in total. The molecule has 0 radical (unpaired) electrons. The van der Waals surface area contributed by atoms with Crippen LogP contribution in [0.1, 0.15) is 6.42 Å². The lowest BCUT2D eigenvalue weighted by molar-refractivity contribution is 0.315. The Hall–Kier alpha value is -3.40. The molecule has 0 bridgehead atoms. The first-order valence-corrected chi connectivity index (χ1v) is 9.41. The number of rotatable bonds is 6. The standard InChI is InChI=1S/C19H25N9O/c1-26(2)13-8-9-27(11-13)16-10-17(22-12-21-16)28-18(20)24-19(25-28)23-14-6-4-5-7-15(14)29-3/h4-7,10,12-13H,8-9,11H2,1-3H3,(H3,20,23,24,25). The number of nitrogens with two attached hydrogens (primary N) is 1. The van der Waals surface area contributed by atoms with E-state index in [-0.39, 0.29) is 5.95 Å². The summed E-state index contributed by atoms with van der Waals surface area (Å²) in [5, 5.41) is 7.59. The number of nitrogens with zero attached hydrogens (tertiary/aromatic N) is 7. The highest BCUT2D eigenvalue weighted by molar-refractivity contribution is 5.63. The number of likely N-dealkylation sites (N-methyl/N-ethyl adjacent to an activating group) is 1. The van der Waals surface area contributed by atoms with Crippen molar-refractivity contribution in [3.63, 3.8) is 0 Å². The molecule has 10 nitrogen and oxygen atoms in total. The molecule has 10 heteroatoms. The van der Waals surface area contributed by atoms with Gasteiger partial charge in [0.25, 0.3) is 0 Å². The number of hydrogen-bond donors (Lipinski definition) is 2. The van der Waals surface area contributed by atoms with Crippen molar-refractivity contribution in [3.8, 4) is 11.6 Å². The van der Waals surface area contributed by atoms with Crippen molar-refractivity contribution < 1.29 is 4.74 Å². The molecule has 1 saturated heterocycles. The Morgan fingerprint density at radius 3 is 2.76 bits per heavy atom. The van der Waals surface area contributed by atoms with Crippen molar-refractivity contribution in [2.45, 2.75) is 12.5 Å². The summed E-state index contributed by atoms with van der Waals surface area (Å²) in [7, 11) is 5.82. The SMILES string of the molecule is COc1ccccc1Nc1nc(N)n(-c2cc(N3CCC(N(C)C)C3)ncn2)n1. The monoisotopic (exact) mass is 395 g/mol. The molecular formula is C19H25N9O. The molecule has 29 heavy (non-hydrogen) atoms. The Morgan fingerprint density at radius 1 is 1.21 bits per heavy atom. The topological polar surface area (TPSA) is 110 Å². The van der Waals surface area contributed by atoms with Crippen molar-refractivity contribution >= 4 is 23.4 Å². The van der Waals surface area contributed by atoms with Crippen LogP contribution in [0.2, 0.25) is 0 Å². The molecule has 0 aliphatic carbocycles. The summed E-state index contributed by atoms with van der Waals surface area (Å²) in [6.45, 7) is 1.88. The Bertz CT molecular complexity index is 987. The maximum atomic E-state index is 6.10. The third kappa shape index (κ3) is 3.92. The Balaban J connectivity index is 1.57. The fourth-order valence-corrected chi connectivity index (χ4v) is 3.41. The molecular weight excluding hydrogens is 370 g/mol. The van der Waals surface area contributed by atoms with E-state index in [1.807, 2.05) is 30.3 Å². The number of nitrogens with one attached hydrogen (secondary N) is 1. The quantitative estimate of drug-likeness (QED) is 0.642. The van der Waals surface area contributed by atoms with Gasteiger partial charge in [-0.1, -0.05) is 12.1 Å². The van der Waals surface area contributed by atoms with Crippen molar-refractivity contribution in [2.75, 3.05) is 50.2 Å². The highest BCUT2D eigenvalue weighted by Gasteiger charge is 2.25. The van der Waals surface area contributed by atoms with Crippen LogP contribution in [-0.2, 0) is 0 Å². The van der Waals surface area contributed by atoms with Gasteiger partial charge in [-0.05, 0) is 32.6 Å². The summed E-state index contributed by atoms with van der Waals surface area (Å²) in [5.74, 6) is 2.71. The fraction of sp³-hybridized carbons (Fsp3) is 0.368. The van der Waals surface area contributed by atoms with Gasteiger partial charge in [0.2, 0.25) is 11.9 Å². The van der Waals surface area contributed by atoms with Gasteiger partial charge in [-0.3, -0.25) is 0 Å². The lowest BCUT2D eigenvalue weighted by Crippen LogP contribution is -2.31. The van der Waals surface area contributed by atoms with Crippen molar-refractivity contribution in [1.29, 1.82) is 0 Å². The Morgan fingerprint density at radius 2 is 2.00 bits per heavy atom. The fourth-order valence-electron chi connectivity index (χ4n) is 3.41. The van der Waals surface area contributed by atoms with E-state index in [4.69, 9.17) is 10.5 Å². The van der Waals surface area contributed by atoms with Gasteiger partial charge in [0.1, 0.15) is 17.9 Å². The van der Waals surface area contributed by atoms with Gasteiger partial charge < -0.3 is 25.6 Å². The third-order valence-corrected chi connectivity index (χ3v) is 5.06. The number of methoxy groups -OCH3 is 1. The first-order chi connectivity index (χ1) is 14.0. The second-order valence-corrected chi connectivity index (χ2v) is 7.12. The van der Waals surface area contributed by atoms with E-state index in [0.717, 1.165) is 31.0 Å². The number of para-hydroxylation sites is 2. The van der Waals surface area contributed by atoms with Gasteiger partial charge in [0.15, 0.2) is 5.82 Å². The van der Waals surface area contributed by atoms with E-state index in [1.54, 1.807) is 7.11 Å². The van der Waals surface area contributed by atoms with Gasteiger partial charge in [0, 0.05) is 25.2 Å². The predicted octanol–water partition coefficient (Wildman–Crippen LogP) is 1.53. The number of hydrogen-bond acceptors (Lipinski definition) is 9. The minimum absolute atomic E-state index is 0.236. The van der Waals surface area contributed by atoms with Gasteiger partial charge in [-0.25, -0.2) is 9.97 Å². The molecule has 3 heterocycles. The van der Waals surface area contributed by atoms with Crippen LogP contribution in [0.4, 0.5) is 23.4 Å². The summed E-state index contributed by atoms with van der Waals surface area (Å²) in [4.78, 5) is 17.6. The van der Waals surface area contributed by atoms with Gasteiger partial charge in [-0.15, -0.1) is 5.10 Å². The van der Waals surface area contributed by atoms with E-state index >= 15 is 0 Å². The summed E-state index contributed by atoms with van der Waals surface area (Å²) in [5.41, 5.74) is 6.85. The van der Waals surface area contributed by atoms with E-state index in [9.17, 15) is 0 Å². The minimum Gasteiger partial charge on any atom is -0.495 e. The molecule has 0 amide bonds. The van der Waals surface area contributed by atoms with E-state index in [0.29, 0.717) is 23.6 Å². The molecule has 3 aromatic rings. The zero-order valence-electron chi connectivity index (χ0n) is 16.8. The zero-order chi connectivity index (χ0) is 20.4. The van der Waals surface area contributed by atoms with E-state index in [2.05, 4.69) is 49.3 Å². The molecule has 4 rings (SSSR count). The van der Waals surface area contributed by atoms with Crippen molar-refractivity contribution in [2.24, 2.45) is 0 Å². The summed E-state index contributed by atoms with van der Waals surface area (Å²) in [6, 6.07) is 9.94. The highest BCUT2D eigenvalue weighted by Crippen LogP contribution is 2.27. The Labute approximate surface area is 169 Å². The van der Waals surface area contributed by atoms with Crippen LogP contribution in [0.15, 0.2) is 36.7 Å². The average molecular weight is 395 g/mol. The van der Waals surface area contributed by atoms with Gasteiger partial charge in [0.05, 0.1) is 12.8 Å². The number of ether oxygens (including phenoxy) is 1. The molecule has 1 atom stereocenters. The normalized spacial score (nSPS) is 16.4. The van der Waals surface area contributed by atoms with Crippen LogP contribution in [0.5, 0.6) is 5.75 Å². The van der Waals surface area contributed by atoms with Crippen LogP contribution in [0.25, 0.3) is 5.82 Å². The number of nitrogen functional groups attached to an aromatic ring is 1. The second-order valence-electron chi connectivity index (χ2n) is 7.12. The Kier molecular flexibility index (Phi) is 5.17. The average Bonchev–Trinajstić information content (AvgIpc) is 3.36. The predicted molar refractivity (Wildman–Crippen MR) is 112 cm³/mol. The van der Waals surface area contributed by atoms with Crippen molar-refractivity contribution in [3.05, 3.63) is 36.7 Å². The van der Waals surface area contributed by atoms with E-state index < -0.39 is 0 Å². The number of anilines is 4. The van der Waals surface area contributed by atoms with Crippen LogP contribution >= 0.6 is 0 Å². The summed E-state index contributed by atoms with van der Waals surface area (Å²) < 4.78 is 6.85.